The highest BCUT2D eigenvalue weighted by Gasteiger charge is 2.31. The smallest absolute Gasteiger partial charge is 0.265 e. The molecule has 8 heteroatoms. The lowest BCUT2D eigenvalue weighted by Crippen LogP contribution is -2.39. The normalized spacial score (nSPS) is 15.3. The molecule has 0 aromatic heterocycles. The molecule has 0 bridgehead atoms. The zero-order valence-electron chi connectivity index (χ0n) is 17.7. The van der Waals surface area contributed by atoms with E-state index in [1.165, 1.54) is 12.1 Å². The Balaban J connectivity index is 1.45. The Morgan fingerprint density at radius 3 is 2.59 bits per heavy atom. The third-order valence-electron chi connectivity index (χ3n) is 5.36. The van der Waals surface area contributed by atoms with Crippen molar-refractivity contribution in [3.05, 3.63) is 82.3 Å². The topological polar surface area (TPSA) is 75.7 Å². The molecule has 1 N–H and O–H groups in total. The number of fused-ring (bicyclic) bond motifs is 1. The standard InChI is InChI=1S/C24H23BrN2O4S/c1-16-12-21(32(29,30)26-20-6-4-3-5-7-20)9-11-23(16)31-15-24(28)27-17(2)13-18-14-19(25)8-10-22(18)27/h3-12,14,17,26H,13,15H2,1-2H3/t17-/m1/s1. The first-order chi connectivity index (χ1) is 15.2. The highest BCUT2D eigenvalue weighted by atomic mass is 79.9. The van der Waals surface area contributed by atoms with Gasteiger partial charge in [-0.05, 0) is 79.9 Å². The van der Waals surface area contributed by atoms with E-state index >= 15 is 0 Å². The molecular formula is C24H23BrN2O4S. The van der Waals surface area contributed by atoms with Crippen LogP contribution >= 0.6 is 15.9 Å². The first-order valence-corrected chi connectivity index (χ1v) is 12.4. The Morgan fingerprint density at radius 2 is 1.88 bits per heavy atom. The fourth-order valence-electron chi connectivity index (χ4n) is 3.86. The van der Waals surface area contributed by atoms with Crippen molar-refractivity contribution in [2.75, 3.05) is 16.2 Å². The number of ether oxygens (including phenoxy) is 1. The maximum absolute atomic E-state index is 12.9. The summed E-state index contributed by atoms with van der Waals surface area (Å²) in [5.41, 5.74) is 3.15. The largest absolute Gasteiger partial charge is 0.483 e. The lowest BCUT2D eigenvalue weighted by molar-refractivity contribution is -0.120. The summed E-state index contributed by atoms with van der Waals surface area (Å²) in [6.07, 6.45) is 0.792. The van der Waals surface area contributed by atoms with Gasteiger partial charge in [-0.2, -0.15) is 0 Å². The number of carbonyl (C=O) groups is 1. The van der Waals surface area contributed by atoms with Crippen LogP contribution in [0.3, 0.4) is 0 Å². The molecule has 1 aliphatic rings. The van der Waals surface area contributed by atoms with E-state index in [-0.39, 0.29) is 23.5 Å². The lowest BCUT2D eigenvalue weighted by atomic mass is 10.1. The average Bonchev–Trinajstić information content (AvgIpc) is 3.07. The number of hydrogen-bond donors (Lipinski definition) is 1. The molecule has 1 aliphatic heterocycles. The van der Waals surface area contributed by atoms with E-state index in [9.17, 15) is 13.2 Å². The molecule has 0 saturated carbocycles. The van der Waals surface area contributed by atoms with Gasteiger partial charge in [-0.3, -0.25) is 9.52 Å². The summed E-state index contributed by atoms with van der Waals surface area (Å²) in [6, 6.07) is 19.2. The Morgan fingerprint density at radius 1 is 1.12 bits per heavy atom. The molecule has 4 rings (SSSR count). The Hall–Kier alpha value is -2.84. The number of nitrogens with one attached hydrogen (secondary N) is 1. The molecule has 0 saturated heterocycles. The molecule has 0 radical (unpaired) electrons. The molecule has 32 heavy (non-hydrogen) atoms. The fraction of sp³-hybridized carbons (Fsp3) is 0.208. The monoisotopic (exact) mass is 514 g/mol. The zero-order valence-corrected chi connectivity index (χ0v) is 20.1. The second-order valence-electron chi connectivity index (χ2n) is 7.78. The van der Waals surface area contributed by atoms with Crippen molar-refractivity contribution in [2.45, 2.75) is 31.2 Å². The van der Waals surface area contributed by atoms with Gasteiger partial charge in [0.05, 0.1) is 4.90 Å². The number of carbonyl (C=O) groups excluding carboxylic acids is 1. The van der Waals surface area contributed by atoms with Crippen molar-refractivity contribution >= 4 is 43.2 Å². The minimum Gasteiger partial charge on any atom is -0.483 e. The van der Waals surface area contributed by atoms with Gasteiger partial charge >= 0.3 is 0 Å². The van der Waals surface area contributed by atoms with Crippen molar-refractivity contribution in [1.82, 2.24) is 0 Å². The lowest BCUT2D eigenvalue weighted by Gasteiger charge is -2.23. The van der Waals surface area contributed by atoms with E-state index in [1.807, 2.05) is 31.2 Å². The van der Waals surface area contributed by atoms with Crippen molar-refractivity contribution in [1.29, 1.82) is 0 Å². The first kappa shape index (κ1) is 22.4. The summed E-state index contributed by atoms with van der Waals surface area (Å²) >= 11 is 3.47. The number of amides is 1. The van der Waals surface area contributed by atoms with Crippen LogP contribution in [0.25, 0.3) is 0 Å². The summed E-state index contributed by atoms with van der Waals surface area (Å²) in [4.78, 5) is 14.8. The molecule has 0 spiro atoms. The minimum absolute atomic E-state index is 0.0491. The van der Waals surface area contributed by atoms with Crippen LogP contribution in [0.2, 0.25) is 0 Å². The number of benzene rings is 3. The van der Waals surface area contributed by atoms with E-state index in [1.54, 1.807) is 42.2 Å². The van der Waals surface area contributed by atoms with Gasteiger partial charge in [0, 0.05) is 21.9 Å². The summed E-state index contributed by atoms with van der Waals surface area (Å²) in [7, 11) is -3.73. The molecule has 3 aromatic carbocycles. The minimum atomic E-state index is -3.73. The van der Waals surface area contributed by atoms with Gasteiger partial charge in [-0.15, -0.1) is 0 Å². The van der Waals surface area contributed by atoms with Crippen molar-refractivity contribution in [3.63, 3.8) is 0 Å². The third-order valence-corrected chi connectivity index (χ3v) is 7.23. The Labute approximate surface area is 196 Å². The fourth-order valence-corrected chi connectivity index (χ4v) is 5.41. The van der Waals surface area contributed by atoms with Crippen molar-refractivity contribution in [2.24, 2.45) is 0 Å². The number of para-hydroxylation sites is 1. The van der Waals surface area contributed by atoms with Crippen LogP contribution in [0.15, 0.2) is 76.1 Å². The molecule has 1 heterocycles. The van der Waals surface area contributed by atoms with Crippen LogP contribution in [0, 0.1) is 6.92 Å². The van der Waals surface area contributed by atoms with Crippen LogP contribution in [-0.4, -0.2) is 27.0 Å². The number of hydrogen-bond acceptors (Lipinski definition) is 4. The van der Waals surface area contributed by atoms with E-state index in [0.29, 0.717) is 17.0 Å². The third kappa shape index (κ3) is 4.66. The Kier molecular flexibility index (Phi) is 6.26. The summed E-state index contributed by atoms with van der Waals surface area (Å²) in [6.45, 7) is 3.64. The predicted molar refractivity (Wildman–Crippen MR) is 129 cm³/mol. The highest BCUT2D eigenvalue weighted by molar-refractivity contribution is 9.10. The number of halogens is 1. The van der Waals surface area contributed by atoms with Crippen LogP contribution in [0.4, 0.5) is 11.4 Å². The molecule has 0 aliphatic carbocycles. The molecule has 0 fully saturated rings. The summed E-state index contributed by atoms with van der Waals surface area (Å²) in [5.74, 6) is 0.334. The molecule has 3 aromatic rings. The maximum Gasteiger partial charge on any atom is 0.265 e. The number of nitrogens with zero attached hydrogens (tertiary/aromatic N) is 1. The van der Waals surface area contributed by atoms with Crippen molar-refractivity contribution < 1.29 is 17.9 Å². The molecule has 0 unspecified atom stereocenters. The molecule has 1 amide bonds. The van der Waals surface area contributed by atoms with E-state index in [4.69, 9.17) is 4.74 Å². The van der Waals surface area contributed by atoms with Crippen molar-refractivity contribution in [3.8, 4) is 5.75 Å². The van der Waals surface area contributed by atoms with Crippen LogP contribution in [0.5, 0.6) is 5.75 Å². The van der Waals surface area contributed by atoms with Gasteiger partial charge in [0.2, 0.25) is 0 Å². The van der Waals surface area contributed by atoms with Crippen LogP contribution in [0.1, 0.15) is 18.1 Å². The second-order valence-corrected chi connectivity index (χ2v) is 10.4. The average molecular weight is 515 g/mol. The molecule has 1 atom stereocenters. The number of sulfonamides is 1. The van der Waals surface area contributed by atoms with Gasteiger partial charge in [-0.1, -0.05) is 34.1 Å². The number of rotatable bonds is 6. The first-order valence-electron chi connectivity index (χ1n) is 10.2. The number of anilines is 2. The highest BCUT2D eigenvalue weighted by Crippen LogP contribution is 2.34. The summed E-state index contributed by atoms with van der Waals surface area (Å²) < 4.78 is 34.6. The molecular weight excluding hydrogens is 492 g/mol. The van der Waals surface area contributed by atoms with Gasteiger partial charge < -0.3 is 9.64 Å². The van der Waals surface area contributed by atoms with Gasteiger partial charge in [0.1, 0.15) is 5.75 Å². The van der Waals surface area contributed by atoms with Crippen LogP contribution in [-0.2, 0) is 21.2 Å². The number of aryl methyl sites for hydroxylation is 1. The predicted octanol–water partition coefficient (Wildman–Crippen LogP) is 4.91. The second kappa shape index (κ2) is 8.96. The maximum atomic E-state index is 12.9. The molecule has 166 valence electrons. The zero-order chi connectivity index (χ0) is 22.9. The SMILES string of the molecule is Cc1cc(S(=O)(=O)Nc2ccccc2)ccc1OCC(=O)N1c2ccc(Br)cc2C[C@H]1C. The molecule has 6 nitrogen and oxygen atoms in total. The van der Waals surface area contributed by atoms with Gasteiger partial charge in [0.15, 0.2) is 6.61 Å². The summed E-state index contributed by atoms with van der Waals surface area (Å²) in [5, 5.41) is 0. The van der Waals surface area contributed by atoms with E-state index in [0.717, 1.165) is 22.1 Å². The quantitative estimate of drug-likeness (QED) is 0.506. The van der Waals surface area contributed by atoms with Gasteiger partial charge in [0.25, 0.3) is 15.9 Å². The van der Waals surface area contributed by atoms with E-state index in [2.05, 4.69) is 20.7 Å². The van der Waals surface area contributed by atoms with Gasteiger partial charge in [-0.25, -0.2) is 8.42 Å². The van der Waals surface area contributed by atoms with E-state index < -0.39 is 10.0 Å². The van der Waals surface area contributed by atoms with Crippen LogP contribution < -0.4 is 14.4 Å². The Bertz CT molecular complexity index is 1260.